The van der Waals surface area contributed by atoms with Crippen LogP contribution in [-0.2, 0) is 10.0 Å². The van der Waals surface area contributed by atoms with E-state index in [1.165, 1.54) is 24.6 Å². The molecule has 0 bridgehead atoms. The van der Waals surface area contributed by atoms with Crippen molar-refractivity contribution in [2.45, 2.75) is 11.8 Å². The molecule has 1 aromatic rings. The number of sulfonamides is 1. The molecule has 1 rings (SSSR count). The second-order valence-electron chi connectivity index (χ2n) is 4.71. The largest absolute Gasteiger partial charge is 0.370 e. The van der Waals surface area contributed by atoms with Crippen LogP contribution in [0.15, 0.2) is 23.2 Å². The fraction of sp³-hybridized carbons (Fsp3) is 0.583. The summed E-state index contributed by atoms with van der Waals surface area (Å²) in [5.41, 5.74) is 0. The predicted molar refractivity (Wildman–Crippen MR) is 76.7 cm³/mol. The van der Waals surface area contributed by atoms with E-state index in [-0.39, 0.29) is 4.90 Å². The third kappa shape index (κ3) is 4.45. The number of nitrogens with one attached hydrogen (secondary N) is 2. The minimum atomic E-state index is -3.40. The zero-order chi connectivity index (χ0) is 14.5. The Morgan fingerprint density at radius 2 is 2.00 bits per heavy atom. The number of nitrogens with zero attached hydrogens (tertiary/aromatic N) is 2. The molecule has 0 aliphatic rings. The van der Waals surface area contributed by atoms with E-state index in [9.17, 15) is 8.42 Å². The molecule has 1 heterocycles. The van der Waals surface area contributed by atoms with Gasteiger partial charge in [0, 0.05) is 26.8 Å². The normalized spacial score (nSPS) is 13.5. The number of aromatic nitrogens is 1. The Balaban J connectivity index is 2.67. The highest BCUT2D eigenvalue weighted by atomic mass is 32.2. The van der Waals surface area contributed by atoms with Crippen LogP contribution in [0, 0.1) is 5.92 Å². The first-order valence-electron chi connectivity index (χ1n) is 6.15. The van der Waals surface area contributed by atoms with Gasteiger partial charge in [0.1, 0.15) is 10.7 Å². The van der Waals surface area contributed by atoms with E-state index in [1.54, 1.807) is 12.1 Å². The number of anilines is 1. The van der Waals surface area contributed by atoms with Gasteiger partial charge in [0.05, 0.1) is 0 Å². The van der Waals surface area contributed by atoms with Gasteiger partial charge < -0.3 is 10.6 Å². The van der Waals surface area contributed by atoms with E-state index in [0.717, 1.165) is 13.1 Å². The van der Waals surface area contributed by atoms with Gasteiger partial charge in [-0.25, -0.2) is 17.7 Å². The molecule has 1 aromatic heterocycles. The Morgan fingerprint density at radius 1 is 1.32 bits per heavy atom. The number of hydrogen-bond acceptors (Lipinski definition) is 5. The van der Waals surface area contributed by atoms with Gasteiger partial charge in [-0.3, -0.25) is 0 Å². The monoisotopic (exact) mass is 286 g/mol. The molecule has 19 heavy (non-hydrogen) atoms. The molecule has 0 saturated heterocycles. The molecule has 2 N–H and O–H groups in total. The minimum Gasteiger partial charge on any atom is -0.370 e. The molecule has 0 saturated carbocycles. The SMILES string of the molecule is CNCC(C)CNc1ccc(S(=O)(=O)N(C)C)cn1. The Kier molecular flexibility index (Phi) is 5.71. The van der Waals surface area contributed by atoms with E-state index in [0.29, 0.717) is 11.7 Å². The highest BCUT2D eigenvalue weighted by molar-refractivity contribution is 7.89. The standard InChI is InChI=1S/C12H22N4O2S/c1-10(7-13-2)8-14-12-6-5-11(9-15-12)19(17,18)16(3)4/h5-6,9-10,13H,7-8H2,1-4H3,(H,14,15). The van der Waals surface area contributed by atoms with Crippen LogP contribution >= 0.6 is 0 Å². The molecule has 0 fully saturated rings. The average molecular weight is 286 g/mol. The van der Waals surface area contributed by atoms with Crippen molar-refractivity contribution in [2.75, 3.05) is 39.5 Å². The average Bonchev–Trinajstić information content (AvgIpc) is 2.37. The fourth-order valence-corrected chi connectivity index (χ4v) is 2.40. The summed E-state index contributed by atoms with van der Waals surface area (Å²) in [6.45, 7) is 3.82. The van der Waals surface area contributed by atoms with E-state index in [1.807, 2.05) is 7.05 Å². The first kappa shape index (κ1) is 15.9. The van der Waals surface area contributed by atoms with Crippen LogP contribution in [-0.4, -0.2) is 51.9 Å². The summed E-state index contributed by atoms with van der Waals surface area (Å²) in [5, 5.41) is 6.28. The van der Waals surface area contributed by atoms with Crippen molar-refractivity contribution in [3.63, 3.8) is 0 Å². The van der Waals surface area contributed by atoms with E-state index < -0.39 is 10.0 Å². The van der Waals surface area contributed by atoms with Gasteiger partial charge in [0.15, 0.2) is 0 Å². The summed E-state index contributed by atoms with van der Waals surface area (Å²) in [4.78, 5) is 4.32. The molecule has 7 heteroatoms. The molecule has 1 atom stereocenters. The molecular weight excluding hydrogens is 264 g/mol. The third-order valence-corrected chi connectivity index (χ3v) is 4.50. The lowest BCUT2D eigenvalue weighted by Crippen LogP contribution is -2.23. The first-order chi connectivity index (χ1) is 8.87. The zero-order valence-corrected chi connectivity index (χ0v) is 12.7. The lowest BCUT2D eigenvalue weighted by Gasteiger charge is -2.13. The molecule has 0 radical (unpaired) electrons. The summed E-state index contributed by atoms with van der Waals surface area (Å²) in [7, 11) is 1.51. The van der Waals surface area contributed by atoms with Crippen LogP contribution in [0.5, 0.6) is 0 Å². The quantitative estimate of drug-likeness (QED) is 0.768. The fourth-order valence-electron chi connectivity index (χ4n) is 1.55. The van der Waals surface area contributed by atoms with Gasteiger partial charge in [-0.1, -0.05) is 6.92 Å². The number of hydrogen-bond donors (Lipinski definition) is 2. The van der Waals surface area contributed by atoms with E-state index in [2.05, 4.69) is 22.5 Å². The van der Waals surface area contributed by atoms with Crippen molar-refractivity contribution in [3.05, 3.63) is 18.3 Å². The topological polar surface area (TPSA) is 74.3 Å². The van der Waals surface area contributed by atoms with Crippen molar-refractivity contribution >= 4 is 15.8 Å². The first-order valence-corrected chi connectivity index (χ1v) is 7.59. The second kappa shape index (κ2) is 6.83. The van der Waals surface area contributed by atoms with Crippen molar-refractivity contribution in [1.82, 2.24) is 14.6 Å². The summed E-state index contributed by atoms with van der Waals surface area (Å²) in [6.07, 6.45) is 1.38. The van der Waals surface area contributed by atoms with Gasteiger partial charge in [-0.15, -0.1) is 0 Å². The van der Waals surface area contributed by atoms with Gasteiger partial charge in [0.25, 0.3) is 0 Å². The molecule has 0 amide bonds. The zero-order valence-electron chi connectivity index (χ0n) is 11.8. The van der Waals surface area contributed by atoms with Crippen molar-refractivity contribution in [1.29, 1.82) is 0 Å². The highest BCUT2D eigenvalue weighted by Crippen LogP contribution is 2.13. The predicted octanol–water partition coefficient (Wildman–Crippen LogP) is 0.599. The van der Waals surface area contributed by atoms with Crippen LogP contribution in [0.25, 0.3) is 0 Å². The summed E-state index contributed by atoms with van der Waals surface area (Å²) in [5.74, 6) is 1.15. The highest BCUT2D eigenvalue weighted by Gasteiger charge is 2.17. The van der Waals surface area contributed by atoms with Crippen LogP contribution in [0.4, 0.5) is 5.82 Å². The summed E-state index contributed by atoms with van der Waals surface area (Å²) >= 11 is 0. The Morgan fingerprint density at radius 3 is 2.47 bits per heavy atom. The van der Waals surface area contributed by atoms with E-state index in [4.69, 9.17) is 0 Å². The van der Waals surface area contributed by atoms with Crippen molar-refractivity contribution in [3.8, 4) is 0 Å². The van der Waals surface area contributed by atoms with Crippen LogP contribution < -0.4 is 10.6 Å². The molecular formula is C12H22N4O2S. The molecule has 6 nitrogen and oxygen atoms in total. The molecule has 0 spiro atoms. The molecule has 1 unspecified atom stereocenters. The Labute approximate surface area is 115 Å². The maximum atomic E-state index is 11.9. The van der Waals surface area contributed by atoms with E-state index >= 15 is 0 Å². The van der Waals surface area contributed by atoms with Gasteiger partial charge in [-0.2, -0.15) is 0 Å². The third-order valence-electron chi connectivity index (χ3n) is 2.70. The van der Waals surface area contributed by atoms with Crippen LogP contribution in [0.3, 0.4) is 0 Å². The molecule has 0 aromatic carbocycles. The Hall–Kier alpha value is -1.18. The summed E-state index contributed by atoms with van der Waals surface area (Å²) in [6, 6.07) is 3.25. The van der Waals surface area contributed by atoms with Crippen LogP contribution in [0.1, 0.15) is 6.92 Å². The van der Waals surface area contributed by atoms with Gasteiger partial charge in [-0.05, 0) is 31.6 Å². The number of pyridine rings is 1. The lowest BCUT2D eigenvalue weighted by atomic mass is 10.2. The smallest absolute Gasteiger partial charge is 0.244 e. The van der Waals surface area contributed by atoms with Gasteiger partial charge in [0.2, 0.25) is 10.0 Å². The Bertz CT molecular complexity index is 485. The van der Waals surface area contributed by atoms with Crippen molar-refractivity contribution in [2.24, 2.45) is 5.92 Å². The lowest BCUT2D eigenvalue weighted by molar-refractivity contribution is 0.520. The summed E-state index contributed by atoms with van der Waals surface area (Å²) < 4.78 is 24.9. The van der Waals surface area contributed by atoms with Gasteiger partial charge >= 0.3 is 0 Å². The maximum Gasteiger partial charge on any atom is 0.244 e. The molecule has 0 aliphatic carbocycles. The number of rotatable bonds is 7. The van der Waals surface area contributed by atoms with Crippen molar-refractivity contribution < 1.29 is 8.42 Å². The second-order valence-corrected chi connectivity index (χ2v) is 6.86. The maximum absolute atomic E-state index is 11.9. The minimum absolute atomic E-state index is 0.200. The molecule has 0 aliphatic heterocycles. The molecule has 108 valence electrons. The van der Waals surface area contributed by atoms with Crippen LogP contribution in [0.2, 0.25) is 0 Å².